The molecule has 0 unspecified atom stereocenters. The Balaban J connectivity index is 1.69. The third-order valence-electron chi connectivity index (χ3n) is 5.87. The van der Waals surface area contributed by atoms with Crippen LogP contribution in [0, 0.1) is 0 Å². The first-order chi connectivity index (χ1) is 16.3. The van der Waals surface area contributed by atoms with Crippen molar-refractivity contribution in [2.24, 2.45) is 10.1 Å². The van der Waals surface area contributed by atoms with E-state index in [1.807, 2.05) is 18.2 Å². The average molecular weight is 502 g/mol. The van der Waals surface area contributed by atoms with Crippen molar-refractivity contribution in [3.63, 3.8) is 0 Å². The van der Waals surface area contributed by atoms with Gasteiger partial charge in [-0.1, -0.05) is 25.3 Å². The summed E-state index contributed by atoms with van der Waals surface area (Å²) in [5.74, 6) is 1.12. The molecule has 0 bridgehead atoms. The number of hydrogen-bond donors (Lipinski definition) is 1. The fraction of sp³-hybridized carbons (Fsp3) is 0.333. The molecule has 1 aliphatic heterocycles. The van der Waals surface area contributed by atoms with E-state index in [1.165, 1.54) is 30.3 Å². The lowest BCUT2D eigenvalue weighted by atomic mass is 9.94. The number of methoxy groups -OCH3 is 2. The lowest BCUT2D eigenvalue weighted by Crippen LogP contribution is -2.40. The van der Waals surface area contributed by atoms with Crippen LogP contribution < -0.4 is 14.6 Å². The fourth-order valence-corrected chi connectivity index (χ4v) is 5.71. The van der Waals surface area contributed by atoms with Crippen LogP contribution in [0.1, 0.15) is 37.7 Å². The smallest absolute Gasteiger partial charge is 0.267 e. The maximum atomic E-state index is 13.5. The largest absolute Gasteiger partial charge is 0.493 e. The Kier molecular flexibility index (Phi) is 7.30. The van der Waals surface area contributed by atoms with E-state index in [2.05, 4.69) is 0 Å². The zero-order chi connectivity index (χ0) is 24.3. The summed E-state index contributed by atoms with van der Waals surface area (Å²) >= 11 is 1.32. The zero-order valence-electron chi connectivity index (χ0n) is 19.1. The Hall–Kier alpha value is -2.82. The number of amidine groups is 1. The molecular formula is C24H27N3O5S2. The Labute approximate surface area is 203 Å². The molecule has 2 aromatic carbocycles. The summed E-state index contributed by atoms with van der Waals surface area (Å²) in [6.07, 6.45) is 7.01. The minimum Gasteiger partial charge on any atom is -0.493 e. The molecule has 1 saturated heterocycles. The summed E-state index contributed by atoms with van der Waals surface area (Å²) in [5, 5.41) is 5.78. The van der Waals surface area contributed by atoms with E-state index in [0.29, 0.717) is 27.3 Å². The number of thioether (sulfide) groups is 1. The molecule has 2 fully saturated rings. The summed E-state index contributed by atoms with van der Waals surface area (Å²) in [7, 11) is -0.638. The lowest BCUT2D eigenvalue weighted by Gasteiger charge is -2.30. The molecule has 10 heteroatoms. The number of carbonyl (C=O) groups excluding carboxylic acids is 1. The molecule has 1 saturated carbocycles. The van der Waals surface area contributed by atoms with Gasteiger partial charge >= 0.3 is 0 Å². The highest BCUT2D eigenvalue weighted by atomic mass is 32.2. The van der Waals surface area contributed by atoms with Gasteiger partial charge in [0.15, 0.2) is 16.7 Å². The molecule has 4 rings (SSSR count). The Morgan fingerprint density at radius 1 is 1.03 bits per heavy atom. The quantitative estimate of drug-likeness (QED) is 0.591. The van der Waals surface area contributed by atoms with Crippen molar-refractivity contribution in [1.29, 1.82) is 0 Å². The van der Waals surface area contributed by atoms with Crippen molar-refractivity contribution < 1.29 is 22.7 Å². The van der Waals surface area contributed by atoms with E-state index in [9.17, 15) is 13.2 Å². The molecule has 1 aliphatic carbocycles. The van der Waals surface area contributed by atoms with Crippen LogP contribution in [0.2, 0.25) is 0 Å². The minimum absolute atomic E-state index is 0.0183. The first kappa shape index (κ1) is 24.3. The van der Waals surface area contributed by atoms with Crippen molar-refractivity contribution in [3.8, 4) is 11.5 Å². The van der Waals surface area contributed by atoms with Gasteiger partial charge in [0, 0.05) is 6.04 Å². The molecule has 0 radical (unpaired) electrons. The number of carbonyl (C=O) groups is 1. The summed E-state index contributed by atoms with van der Waals surface area (Å²) in [6, 6.07) is 11.6. The zero-order valence-corrected chi connectivity index (χ0v) is 20.7. The summed E-state index contributed by atoms with van der Waals surface area (Å²) in [4.78, 5) is 20.6. The maximum Gasteiger partial charge on any atom is 0.267 e. The van der Waals surface area contributed by atoms with Gasteiger partial charge in [-0.25, -0.2) is 18.5 Å². The molecule has 34 heavy (non-hydrogen) atoms. The monoisotopic (exact) mass is 501 g/mol. The minimum atomic E-state index is -3.78. The van der Waals surface area contributed by atoms with Gasteiger partial charge < -0.3 is 9.47 Å². The first-order valence-corrected chi connectivity index (χ1v) is 13.3. The molecular weight excluding hydrogens is 474 g/mol. The molecule has 1 heterocycles. The number of aliphatic imine (C=N–C) groups is 1. The van der Waals surface area contributed by atoms with E-state index in [1.54, 1.807) is 37.3 Å². The second-order valence-corrected chi connectivity index (χ2v) is 10.7. The van der Waals surface area contributed by atoms with Gasteiger partial charge in [-0.2, -0.15) is 0 Å². The van der Waals surface area contributed by atoms with Gasteiger partial charge in [0.05, 0.1) is 29.7 Å². The van der Waals surface area contributed by atoms with Crippen LogP contribution in [0.5, 0.6) is 11.5 Å². The number of primary sulfonamides is 1. The molecule has 0 atom stereocenters. The third-order valence-corrected chi connectivity index (χ3v) is 7.78. The van der Waals surface area contributed by atoms with E-state index >= 15 is 0 Å². The summed E-state index contributed by atoms with van der Waals surface area (Å²) < 4.78 is 33.8. The van der Waals surface area contributed by atoms with Crippen LogP contribution >= 0.6 is 11.8 Å². The molecule has 2 aliphatic rings. The van der Waals surface area contributed by atoms with Crippen molar-refractivity contribution in [2.75, 3.05) is 14.2 Å². The predicted molar refractivity (Wildman–Crippen MR) is 134 cm³/mol. The molecule has 0 spiro atoms. The second kappa shape index (κ2) is 10.2. The highest BCUT2D eigenvalue weighted by molar-refractivity contribution is 8.18. The predicted octanol–water partition coefficient (Wildman–Crippen LogP) is 4.29. The van der Waals surface area contributed by atoms with Crippen LogP contribution in [0.3, 0.4) is 0 Å². The molecule has 180 valence electrons. The number of hydrogen-bond acceptors (Lipinski definition) is 7. The third kappa shape index (κ3) is 5.29. The molecule has 2 N–H and O–H groups in total. The van der Waals surface area contributed by atoms with Crippen LogP contribution in [0.4, 0.5) is 5.69 Å². The molecule has 8 nitrogen and oxygen atoms in total. The first-order valence-electron chi connectivity index (χ1n) is 11.0. The van der Waals surface area contributed by atoms with Gasteiger partial charge in [-0.15, -0.1) is 0 Å². The van der Waals surface area contributed by atoms with E-state index in [4.69, 9.17) is 19.6 Å². The summed E-state index contributed by atoms with van der Waals surface area (Å²) in [6.45, 7) is 0. The normalized spacial score (nSPS) is 19.7. The maximum absolute atomic E-state index is 13.5. The van der Waals surface area contributed by atoms with Crippen molar-refractivity contribution >= 4 is 44.6 Å². The Morgan fingerprint density at radius 2 is 1.71 bits per heavy atom. The Morgan fingerprint density at radius 3 is 2.32 bits per heavy atom. The van der Waals surface area contributed by atoms with Gasteiger partial charge in [0.1, 0.15) is 0 Å². The SMILES string of the molecule is COc1ccc(C=C2S/C(=N\c3ccc(S(N)(=O)=O)cc3)N(C3CCCCC3)C2=O)cc1OC. The summed E-state index contributed by atoms with van der Waals surface area (Å²) in [5.41, 5.74) is 1.37. The van der Waals surface area contributed by atoms with Gasteiger partial charge in [0.25, 0.3) is 5.91 Å². The van der Waals surface area contributed by atoms with Crippen LogP contribution in [0.25, 0.3) is 6.08 Å². The van der Waals surface area contributed by atoms with Crippen LogP contribution in [-0.4, -0.2) is 44.7 Å². The standard InChI is InChI=1S/C24H27N3O5S2/c1-31-20-13-8-16(14-21(20)32-2)15-22-23(28)27(18-6-4-3-5-7-18)24(33-22)26-17-9-11-19(12-10-17)34(25,29)30/h8-15,18H,3-7H2,1-2H3,(H2,25,29,30)/b22-15?,26-24-. The highest BCUT2D eigenvalue weighted by Gasteiger charge is 2.38. The van der Waals surface area contributed by atoms with Crippen molar-refractivity contribution in [2.45, 2.75) is 43.0 Å². The van der Waals surface area contributed by atoms with E-state index in [-0.39, 0.29) is 16.8 Å². The van der Waals surface area contributed by atoms with Gasteiger partial charge in [-0.05, 0) is 72.6 Å². The van der Waals surface area contributed by atoms with Crippen LogP contribution in [0.15, 0.2) is 57.3 Å². The highest BCUT2D eigenvalue weighted by Crippen LogP contribution is 2.39. The number of benzene rings is 2. The number of ether oxygens (including phenoxy) is 2. The number of nitrogens with zero attached hydrogens (tertiary/aromatic N) is 2. The lowest BCUT2D eigenvalue weighted by molar-refractivity contribution is -0.124. The van der Waals surface area contributed by atoms with Crippen molar-refractivity contribution in [1.82, 2.24) is 4.90 Å². The molecule has 2 aromatic rings. The van der Waals surface area contributed by atoms with Crippen molar-refractivity contribution in [3.05, 3.63) is 52.9 Å². The fourth-order valence-electron chi connectivity index (χ4n) is 4.14. The van der Waals surface area contributed by atoms with Gasteiger partial charge in [-0.3, -0.25) is 9.69 Å². The van der Waals surface area contributed by atoms with Crippen LogP contribution in [-0.2, 0) is 14.8 Å². The average Bonchev–Trinajstić information content (AvgIpc) is 3.13. The molecule has 0 aromatic heterocycles. The number of nitrogens with two attached hydrogens (primary N) is 1. The number of amides is 1. The molecule has 1 amide bonds. The van der Waals surface area contributed by atoms with Gasteiger partial charge in [0.2, 0.25) is 10.0 Å². The Bertz CT molecular complexity index is 1230. The van der Waals surface area contributed by atoms with E-state index < -0.39 is 10.0 Å². The van der Waals surface area contributed by atoms with E-state index in [0.717, 1.165) is 31.2 Å². The second-order valence-electron chi connectivity index (χ2n) is 8.13. The topological polar surface area (TPSA) is 111 Å². The number of sulfonamides is 1. The number of rotatable bonds is 6.